The van der Waals surface area contributed by atoms with E-state index in [0.29, 0.717) is 6.61 Å². The normalized spacial score (nSPS) is 11.1. The van der Waals surface area contributed by atoms with Gasteiger partial charge in [-0.15, -0.1) is 0 Å². The zero-order valence-corrected chi connectivity index (χ0v) is 13.8. The number of hydrogen-bond acceptors (Lipinski definition) is 4. The summed E-state index contributed by atoms with van der Waals surface area (Å²) in [5.41, 5.74) is 5.17. The van der Waals surface area contributed by atoms with E-state index in [0.717, 1.165) is 33.4 Å². The second-order valence-electron chi connectivity index (χ2n) is 5.50. The number of nitrogens with zero attached hydrogens (tertiary/aromatic N) is 2. The van der Waals surface area contributed by atoms with Gasteiger partial charge in [-0.3, -0.25) is 4.98 Å². The molecule has 1 aromatic carbocycles. The van der Waals surface area contributed by atoms with Gasteiger partial charge in [-0.25, -0.2) is 4.79 Å². The van der Waals surface area contributed by atoms with Crippen LogP contribution in [-0.4, -0.2) is 31.7 Å². The quantitative estimate of drug-likeness (QED) is 0.640. The van der Waals surface area contributed by atoms with E-state index >= 15 is 0 Å². The first-order valence-corrected chi connectivity index (χ1v) is 7.36. The average molecular weight is 298 g/mol. The molecule has 0 amide bonds. The summed E-state index contributed by atoms with van der Waals surface area (Å²) in [7, 11) is 4.04. The van der Waals surface area contributed by atoms with Crippen molar-refractivity contribution in [2.45, 2.75) is 20.8 Å². The summed E-state index contributed by atoms with van der Waals surface area (Å²) in [6, 6.07) is 6.16. The predicted octanol–water partition coefficient (Wildman–Crippen LogP) is 3.49. The molecule has 0 unspecified atom stereocenters. The smallest absolute Gasteiger partial charge is 0.330 e. The zero-order chi connectivity index (χ0) is 16.3. The minimum Gasteiger partial charge on any atom is -0.463 e. The molecular weight excluding hydrogens is 276 g/mol. The number of hydrogen-bond donors (Lipinski definition) is 0. The van der Waals surface area contributed by atoms with E-state index in [1.807, 2.05) is 34.0 Å². The van der Waals surface area contributed by atoms with Crippen LogP contribution in [0.3, 0.4) is 0 Å². The first-order chi connectivity index (χ1) is 10.4. The van der Waals surface area contributed by atoms with Crippen LogP contribution < -0.4 is 4.90 Å². The molecule has 4 heteroatoms. The third-order valence-electron chi connectivity index (χ3n) is 3.41. The van der Waals surface area contributed by atoms with Gasteiger partial charge in [0.2, 0.25) is 0 Å². The maximum absolute atomic E-state index is 11.5. The second kappa shape index (κ2) is 6.60. The van der Waals surface area contributed by atoms with Gasteiger partial charge in [0.25, 0.3) is 0 Å². The van der Waals surface area contributed by atoms with Gasteiger partial charge in [0.1, 0.15) is 0 Å². The number of carbonyl (C=O) groups is 1. The molecule has 0 aliphatic heterocycles. The summed E-state index contributed by atoms with van der Waals surface area (Å²) in [6.07, 6.45) is 3.24. The van der Waals surface area contributed by atoms with Crippen LogP contribution >= 0.6 is 0 Å². The number of pyridine rings is 1. The molecule has 0 fully saturated rings. The number of benzene rings is 1. The van der Waals surface area contributed by atoms with E-state index < -0.39 is 0 Å². The molecule has 1 aromatic heterocycles. The molecule has 1 heterocycles. The highest BCUT2D eigenvalue weighted by Gasteiger charge is 2.09. The van der Waals surface area contributed by atoms with Crippen LogP contribution in [0, 0.1) is 13.8 Å². The lowest BCUT2D eigenvalue weighted by atomic mass is 10.0. The molecule has 0 spiro atoms. The van der Waals surface area contributed by atoms with Gasteiger partial charge in [0.15, 0.2) is 0 Å². The third kappa shape index (κ3) is 3.45. The van der Waals surface area contributed by atoms with Gasteiger partial charge in [-0.05, 0) is 56.2 Å². The molecule has 2 rings (SSSR count). The summed E-state index contributed by atoms with van der Waals surface area (Å²) in [5, 5.41) is 1.08. The molecular formula is C18H22N2O2. The van der Waals surface area contributed by atoms with E-state index in [1.54, 1.807) is 13.0 Å². The van der Waals surface area contributed by atoms with Gasteiger partial charge in [0.05, 0.1) is 12.1 Å². The molecule has 4 nitrogen and oxygen atoms in total. The first-order valence-electron chi connectivity index (χ1n) is 7.36. The molecule has 0 bridgehead atoms. The number of ether oxygens (including phenoxy) is 1. The van der Waals surface area contributed by atoms with E-state index in [4.69, 9.17) is 4.74 Å². The van der Waals surface area contributed by atoms with Crippen LogP contribution in [0.5, 0.6) is 0 Å². The van der Waals surface area contributed by atoms with Crippen LogP contribution in [0.15, 0.2) is 24.3 Å². The Bertz CT molecular complexity index is 733. The Balaban J connectivity index is 2.54. The fourth-order valence-corrected chi connectivity index (χ4v) is 2.46. The fourth-order valence-electron chi connectivity index (χ4n) is 2.46. The van der Waals surface area contributed by atoms with Crippen LogP contribution in [0.2, 0.25) is 0 Å². The number of aromatic nitrogens is 1. The van der Waals surface area contributed by atoms with Crippen molar-refractivity contribution < 1.29 is 9.53 Å². The Hall–Kier alpha value is -2.36. The standard InChI is InChI=1S/C18H22N2O2/c1-6-22-17(21)8-7-14-9-12(2)18-15(11-14)16(20(4)5)10-13(3)19-18/h7-11H,6H2,1-5H3/b8-7+. The summed E-state index contributed by atoms with van der Waals surface area (Å²) in [4.78, 5) is 18.2. The number of fused-ring (bicyclic) bond motifs is 1. The second-order valence-corrected chi connectivity index (χ2v) is 5.50. The van der Waals surface area contributed by atoms with E-state index in [1.165, 1.54) is 6.08 Å². The lowest BCUT2D eigenvalue weighted by Gasteiger charge is -2.17. The number of aryl methyl sites for hydroxylation is 2. The van der Waals surface area contributed by atoms with E-state index in [2.05, 4.69) is 22.0 Å². The van der Waals surface area contributed by atoms with Gasteiger partial charge in [-0.1, -0.05) is 0 Å². The van der Waals surface area contributed by atoms with Crippen molar-refractivity contribution in [3.63, 3.8) is 0 Å². The Labute approximate surface area is 131 Å². The van der Waals surface area contributed by atoms with E-state index in [-0.39, 0.29) is 5.97 Å². The van der Waals surface area contributed by atoms with Crippen LogP contribution in [0.1, 0.15) is 23.7 Å². The Kier molecular flexibility index (Phi) is 4.81. The average Bonchev–Trinajstić information content (AvgIpc) is 2.45. The molecule has 2 aromatic rings. The van der Waals surface area contributed by atoms with Crippen LogP contribution in [-0.2, 0) is 9.53 Å². The third-order valence-corrected chi connectivity index (χ3v) is 3.41. The van der Waals surface area contributed by atoms with Crippen molar-refractivity contribution in [1.29, 1.82) is 0 Å². The Morgan fingerprint density at radius 3 is 2.64 bits per heavy atom. The summed E-state index contributed by atoms with van der Waals surface area (Å²) >= 11 is 0. The van der Waals surface area contributed by atoms with Crippen molar-refractivity contribution >= 4 is 28.6 Å². The SMILES string of the molecule is CCOC(=O)/C=C/c1cc(C)c2nc(C)cc(N(C)C)c2c1. The van der Waals surface area contributed by atoms with Crippen molar-refractivity contribution in [1.82, 2.24) is 4.98 Å². The molecule has 0 aliphatic rings. The largest absolute Gasteiger partial charge is 0.463 e. The van der Waals surface area contributed by atoms with Crippen molar-refractivity contribution in [2.24, 2.45) is 0 Å². The lowest BCUT2D eigenvalue weighted by Crippen LogP contribution is -2.10. The minimum absolute atomic E-state index is 0.324. The van der Waals surface area contributed by atoms with Gasteiger partial charge < -0.3 is 9.64 Å². The van der Waals surface area contributed by atoms with Crippen molar-refractivity contribution in [3.05, 3.63) is 41.1 Å². The van der Waals surface area contributed by atoms with Crippen LogP contribution in [0.25, 0.3) is 17.0 Å². The van der Waals surface area contributed by atoms with Crippen molar-refractivity contribution in [3.8, 4) is 0 Å². The first kappa shape index (κ1) is 16.0. The van der Waals surface area contributed by atoms with E-state index in [9.17, 15) is 4.79 Å². The predicted molar refractivity (Wildman–Crippen MR) is 91.2 cm³/mol. The molecule has 0 saturated heterocycles. The number of rotatable bonds is 4. The molecule has 116 valence electrons. The minimum atomic E-state index is -0.324. The van der Waals surface area contributed by atoms with Crippen LogP contribution in [0.4, 0.5) is 5.69 Å². The van der Waals surface area contributed by atoms with Gasteiger partial charge in [0, 0.05) is 36.9 Å². The molecule has 0 saturated carbocycles. The summed E-state index contributed by atoms with van der Waals surface area (Å²) < 4.78 is 4.91. The fraction of sp³-hybridized carbons (Fsp3) is 0.333. The van der Waals surface area contributed by atoms with Gasteiger partial charge >= 0.3 is 5.97 Å². The number of esters is 1. The monoisotopic (exact) mass is 298 g/mol. The lowest BCUT2D eigenvalue weighted by molar-refractivity contribution is -0.137. The highest BCUT2D eigenvalue weighted by Crippen LogP contribution is 2.29. The number of carbonyl (C=O) groups excluding carboxylic acids is 1. The highest BCUT2D eigenvalue weighted by molar-refractivity contribution is 5.96. The molecule has 0 aliphatic carbocycles. The molecule has 0 N–H and O–H groups in total. The Morgan fingerprint density at radius 1 is 1.27 bits per heavy atom. The maximum atomic E-state index is 11.5. The summed E-state index contributed by atoms with van der Waals surface area (Å²) in [5.74, 6) is -0.324. The molecule has 0 radical (unpaired) electrons. The number of anilines is 1. The zero-order valence-electron chi connectivity index (χ0n) is 13.8. The maximum Gasteiger partial charge on any atom is 0.330 e. The molecule has 22 heavy (non-hydrogen) atoms. The Morgan fingerprint density at radius 2 is 2.00 bits per heavy atom. The highest BCUT2D eigenvalue weighted by atomic mass is 16.5. The summed E-state index contributed by atoms with van der Waals surface area (Å²) in [6.45, 7) is 6.22. The topological polar surface area (TPSA) is 42.4 Å². The molecule has 0 atom stereocenters. The van der Waals surface area contributed by atoms with Crippen molar-refractivity contribution in [2.75, 3.05) is 25.6 Å². The van der Waals surface area contributed by atoms with Gasteiger partial charge in [-0.2, -0.15) is 0 Å².